The Morgan fingerprint density at radius 3 is 2.59 bits per heavy atom. The Bertz CT molecular complexity index is 741. The van der Waals surface area contributed by atoms with Gasteiger partial charge in [0.1, 0.15) is 11.3 Å². The molecule has 0 aliphatic heterocycles. The SMILES string of the molecule is COc1cc2sc(C(=O)CC(C)C(C)=O)nc2c(F)c1OC. The first-order valence-electron chi connectivity index (χ1n) is 6.63. The van der Waals surface area contributed by atoms with Crippen LogP contribution in [0.25, 0.3) is 10.2 Å². The number of methoxy groups -OCH3 is 2. The van der Waals surface area contributed by atoms with Gasteiger partial charge in [-0.05, 0) is 6.92 Å². The van der Waals surface area contributed by atoms with Crippen LogP contribution in [0.4, 0.5) is 4.39 Å². The number of benzene rings is 1. The topological polar surface area (TPSA) is 65.5 Å². The lowest BCUT2D eigenvalue weighted by molar-refractivity contribution is -0.120. The maximum Gasteiger partial charge on any atom is 0.199 e. The zero-order valence-electron chi connectivity index (χ0n) is 12.7. The Hall–Kier alpha value is -2.02. The monoisotopic (exact) mass is 325 g/mol. The summed E-state index contributed by atoms with van der Waals surface area (Å²) < 4.78 is 24.9. The quantitative estimate of drug-likeness (QED) is 0.763. The molecule has 1 aromatic carbocycles. The van der Waals surface area contributed by atoms with Gasteiger partial charge in [0.2, 0.25) is 0 Å². The van der Waals surface area contributed by atoms with Gasteiger partial charge < -0.3 is 9.47 Å². The first kappa shape index (κ1) is 16.4. The van der Waals surface area contributed by atoms with Crippen LogP contribution in [0.15, 0.2) is 6.07 Å². The normalized spacial score (nSPS) is 12.2. The molecule has 0 fully saturated rings. The standard InChI is InChI=1S/C15H16FNO4S/c1-7(8(2)18)5-9(19)15-17-13-11(22-15)6-10(20-3)14(21-4)12(13)16/h6-7H,5H2,1-4H3. The average molecular weight is 325 g/mol. The van der Waals surface area contributed by atoms with Gasteiger partial charge in [-0.1, -0.05) is 6.92 Å². The van der Waals surface area contributed by atoms with Crippen LogP contribution in [0.5, 0.6) is 11.5 Å². The van der Waals surface area contributed by atoms with Crippen molar-refractivity contribution in [2.75, 3.05) is 14.2 Å². The number of ketones is 2. The number of hydrogen-bond donors (Lipinski definition) is 0. The second kappa shape index (κ2) is 6.39. The van der Waals surface area contributed by atoms with Crippen molar-refractivity contribution in [3.8, 4) is 11.5 Å². The van der Waals surface area contributed by atoms with Crippen molar-refractivity contribution in [2.24, 2.45) is 5.92 Å². The summed E-state index contributed by atoms with van der Waals surface area (Å²) in [6, 6.07) is 1.58. The molecule has 0 saturated heterocycles. The lowest BCUT2D eigenvalue weighted by atomic mass is 10.0. The lowest BCUT2D eigenvalue weighted by Gasteiger charge is -2.07. The van der Waals surface area contributed by atoms with Crippen molar-refractivity contribution in [1.82, 2.24) is 4.98 Å². The van der Waals surface area contributed by atoms with Gasteiger partial charge >= 0.3 is 0 Å². The fourth-order valence-electron chi connectivity index (χ4n) is 1.96. The molecule has 0 N–H and O–H groups in total. The molecular formula is C15H16FNO4S. The summed E-state index contributed by atoms with van der Waals surface area (Å²) in [4.78, 5) is 27.5. The van der Waals surface area contributed by atoms with Crippen molar-refractivity contribution < 1.29 is 23.5 Å². The van der Waals surface area contributed by atoms with Crippen LogP contribution >= 0.6 is 11.3 Å². The summed E-state index contributed by atoms with van der Waals surface area (Å²) in [6.07, 6.45) is 0.0606. The van der Waals surface area contributed by atoms with E-state index in [0.717, 1.165) is 11.3 Å². The molecule has 1 atom stereocenters. The van der Waals surface area contributed by atoms with Gasteiger partial charge in [-0.15, -0.1) is 11.3 Å². The lowest BCUT2D eigenvalue weighted by Crippen LogP contribution is -2.12. The van der Waals surface area contributed by atoms with Gasteiger partial charge in [0.05, 0.1) is 18.9 Å². The second-order valence-corrected chi connectivity index (χ2v) is 5.96. The Kier molecular flexibility index (Phi) is 4.75. The van der Waals surface area contributed by atoms with E-state index in [1.54, 1.807) is 13.0 Å². The number of ether oxygens (including phenoxy) is 2. The van der Waals surface area contributed by atoms with Crippen LogP contribution in [-0.2, 0) is 4.79 Å². The maximum absolute atomic E-state index is 14.4. The number of fused-ring (bicyclic) bond motifs is 1. The minimum atomic E-state index is -0.660. The van der Waals surface area contributed by atoms with E-state index in [0.29, 0.717) is 4.70 Å². The zero-order chi connectivity index (χ0) is 16.4. The highest BCUT2D eigenvalue weighted by molar-refractivity contribution is 7.20. The number of hydrogen-bond acceptors (Lipinski definition) is 6. The van der Waals surface area contributed by atoms with Crippen molar-refractivity contribution in [2.45, 2.75) is 20.3 Å². The van der Waals surface area contributed by atoms with Gasteiger partial charge in [-0.2, -0.15) is 0 Å². The fraction of sp³-hybridized carbons (Fsp3) is 0.400. The molecule has 0 radical (unpaired) electrons. The van der Waals surface area contributed by atoms with E-state index >= 15 is 0 Å². The van der Waals surface area contributed by atoms with Crippen LogP contribution in [-0.4, -0.2) is 30.8 Å². The van der Waals surface area contributed by atoms with Crippen molar-refractivity contribution in [1.29, 1.82) is 0 Å². The number of carbonyl (C=O) groups is 2. The fourth-order valence-corrected chi connectivity index (χ4v) is 2.90. The number of halogens is 1. The third-order valence-corrected chi connectivity index (χ3v) is 4.44. The summed E-state index contributed by atoms with van der Waals surface area (Å²) in [6.45, 7) is 3.12. The molecule has 1 unspecified atom stereocenters. The summed E-state index contributed by atoms with van der Waals surface area (Å²) in [5, 5.41) is 0.178. The molecule has 0 bridgehead atoms. The molecule has 5 nitrogen and oxygen atoms in total. The Balaban J connectivity index is 2.44. The first-order valence-corrected chi connectivity index (χ1v) is 7.45. The highest BCUT2D eigenvalue weighted by Crippen LogP contribution is 2.38. The number of carbonyl (C=O) groups excluding carboxylic acids is 2. The molecule has 0 spiro atoms. The van der Waals surface area contributed by atoms with Crippen molar-refractivity contribution >= 4 is 33.1 Å². The van der Waals surface area contributed by atoms with E-state index in [1.807, 2.05) is 0 Å². The summed E-state index contributed by atoms with van der Waals surface area (Å²) in [5.41, 5.74) is 0.0708. The van der Waals surface area contributed by atoms with Crippen LogP contribution in [0.1, 0.15) is 30.1 Å². The van der Waals surface area contributed by atoms with E-state index in [9.17, 15) is 14.0 Å². The molecule has 2 rings (SSSR count). The number of thiazole rings is 1. The summed E-state index contributed by atoms with van der Waals surface area (Å²) in [5.74, 6) is -1.19. The molecule has 118 valence electrons. The van der Waals surface area contributed by atoms with Gasteiger partial charge in [0, 0.05) is 18.4 Å². The Labute approximate surface area is 131 Å². The maximum atomic E-state index is 14.4. The van der Waals surface area contributed by atoms with Crippen LogP contribution in [0.2, 0.25) is 0 Å². The highest BCUT2D eigenvalue weighted by Gasteiger charge is 2.22. The largest absolute Gasteiger partial charge is 0.493 e. The molecule has 22 heavy (non-hydrogen) atoms. The molecule has 0 aliphatic carbocycles. The zero-order valence-corrected chi connectivity index (χ0v) is 13.5. The summed E-state index contributed by atoms with van der Waals surface area (Å²) in [7, 11) is 2.74. The molecule has 0 saturated carbocycles. The van der Waals surface area contributed by atoms with E-state index in [1.165, 1.54) is 21.1 Å². The highest BCUT2D eigenvalue weighted by atomic mass is 32.1. The molecule has 2 aromatic rings. The minimum absolute atomic E-state index is 0.0450. The van der Waals surface area contributed by atoms with Gasteiger partial charge in [0.25, 0.3) is 0 Å². The van der Waals surface area contributed by atoms with Gasteiger partial charge in [-0.3, -0.25) is 9.59 Å². The summed E-state index contributed by atoms with van der Waals surface area (Å²) >= 11 is 1.07. The molecule has 1 aromatic heterocycles. The second-order valence-electron chi connectivity index (χ2n) is 4.93. The number of nitrogens with zero attached hydrogens (tertiary/aromatic N) is 1. The van der Waals surface area contributed by atoms with E-state index in [-0.39, 0.29) is 45.9 Å². The van der Waals surface area contributed by atoms with Gasteiger partial charge in [0.15, 0.2) is 28.1 Å². The van der Waals surface area contributed by atoms with Crippen LogP contribution in [0.3, 0.4) is 0 Å². The average Bonchev–Trinajstić information content (AvgIpc) is 2.91. The third-order valence-electron chi connectivity index (χ3n) is 3.39. The number of rotatable bonds is 6. The smallest absolute Gasteiger partial charge is 0.199 e. The van der Waals surface area contributed by atoms with Crippen molar-refractivity contribution in [3.05, 3.63) is 16.9 Å². The van der Waals surface area contributed by atoms with E-state index in [2.05, 4.69) is 4.98 Å². The predicted octanol–water partition coefficient (Wildman–Crippen LogP) is 3.25. The molecule has 1 heterocycles. The third kappa shape index (κ3) is 2.94. The molecule has 0 amide bonds. The first-order chi connectivity index (χ1) is 10.4. The van der Waals surface area contributed by atoms with E-state index < -0.39 is 5.82 Å². The number of Topliss-reactive ketones (excluding diaryl/α,β-unsaturated/α-hetero) is 2. The van der Waals surface area contributed by atoms with Crippen LogP contribution in [0, 0.1) is 11.7 Å². The Morgan fingerprint density at radius 2 is 2.05 bits per heavy atom. The van der Waals surface area contributed by atoms with E-state index in [4.69, 9.17) is 9.47 Å². The molecule has 7 heteroatoms. The predicted molar refractivity (Wildman–Crippen MR) is 81.5 cm³/mol. The number of aromatic nitrogens is 1. The molecular weight excluding hydrogens is 309 g/mol. The minimum Gasteiger partial charge on any atom is -0.493 e. The van der Waals surface area contributed by atoms with Gasteiger partial charge in [-0.25, -0.2) is 9.37 Å². The van der Waals surface area contributed by atoms with Crippen molar-refractivity contribution in [3.63, 3.8) is 0 Å². The van der Waals surface area contributed by atoms with Crippen LogP contribution < -0.4 is 9.47 Å². The Morgan fingerprint density at radius 1 is 1.36 bits per heavy atom. The molecule has 0 aliphatic rings.